The van der Waals surface area contributed by atoms with Crippen molar-refractivity contribution >= 4 is 28.7 Å². The van der Waals surface area contributed by atoms with Crippen LogP contribution in [0.1, 0.15) is 31.0 Å². The summed E-state index contributed by atoms with van der Waals surface area (Å²) in [5, 5.41) is 3.97. The number of hydrogen-bond acceptors (Lipinski definition) is 3. The van der Waals surface area contributed by atoms with Crippen molar-refractivity contribution in [3.8, 4) is 0 Å². The summed E-state index contributed by atoms with van der Waals surface area (Å²) < 4.78 is 2.15. The first kappa shape index (κ1) is 17.5. The van der Waals surface area contributed by atoms with Crippen LogP contribution in [-0.2, 0) is 11.3 Å². The first-order chi connectivity index (χ1) is 12.1. The predicted octanol–water partition coefficient (Wildman–Crippen LogP) is 4.33. The Labute approximate surface area is 152 Å². The summed E-state index contributed by atoms with van der Waals surface area (Å²) in [4.78, 5) is 17.0. The lowest BCUT2D eigenvalue weighted by Crippen LogP contribution is -2.28. The second kappa shape index (κ2) is 7.74. The van der Waals surface area contributed by atoms with E-state index in [0.717, 1.165) is 28.3 Å². The lowest BCUT2D eigenvalue weighted by molar-refractivity contribution is -0.119. The van der Waals surface area contributed by atoms with Crippen LogP contribution in [0.15, 0.2) is 53.7 Å². The number of hydrogen-bond donors (Lipinski definition) is 1. The van der Waals surface area contributed by atoms with E-state index in [1.807, 2.05) is 37.3 Å². The van der Waals surface area contributed by atoms with Gasteiger partial charge in [-0.3, -0.25) is 4.79 Å². The summed E-state index contributed by atoms with van der Waals surface area (Å²) in [6.45, 7) is 7.02. The predicted molar refractivity (Wildman–Crippen MR) is 104 cm³/mol. The SMILES string of the molecule is CCn1c(SCC(=O)NC(C)c2ccccc2C)nc2ccccc21. The molecule has 0 fully saturated rings. The maximum absolute atomic E-state index is 12.4. The molecule has 130 valence electrons. The Morgan fingerprint density at radius 1 is 1.20 bits per heavy atom. The molecule has 0 bridgehead atoms. The fraction of sp³-hybridized carbons (Fsp3) is 0.300. The highest BCUT2D eigenvalue weighted by atomic mass is 32.2. The van der Waals surface area contributed by atoms with Crippen molar-refractivity contribution in [1.82, 2.24) is 14.9 Å². The molecule has 1 heterocycles. The Morgan fingerprint density at radius 2 is 1.92 bits per heavy atom. The van der Waals surface area contributed by atoms with Gasteiger partial charge in [0.15, 0.2) is 5.16 Å². The maximum Gasteiger partial charge on any atom is 0.230 e. The number of aryl methyl sites for hydroxylation is 2. The third kappa shape index (κ3) is 3.87. The molecule has 0 aliphatic carbocycles. The molecule has 5 heteroatoms. The van der Waals surface area contributed by atoms with Crippen LogP contribution in [0, 0.1) is 6.92 Å². The molecule has 2 aromatic carbocycles. The minimum atomic E-state index is -0.000655. The summed E-state index contributed by atoms with van der Waals surface area (Å²) in [5.41, 5.74) is 4.43. The topological polar surface area (TPSA) is 46.9 Å². The number of benzene rings is 2. The van der Waals surface area contributed by atoms with E-state index in [0.29, 0.717) is 5.75 Å². The Bertz CT molecular complexity index is 888. The molecule has 0 aliphatic heterocycles. The second-order valence-electron chi connectivity index (χ2n) is 6.06. The zero-order valence-corrected chi connectivity index (χ0v) is 15.6. The largest absolute Gasteiger partial charge is 0.349 e. The summed E-state index contributed by atoms with van der Waals surface area (Å²) in [6.07, 6.45) is 0. The van der Waals surface area contributed by atoms with Gasteiger partial charge in [0.2, 0.25) is 5.91 Å². The van der Waals surface area contributed by atoms with Crippen molar-refractivity contribution in [2.75, 3.05) is 5.75 Å². The molecule has 1 atom stereocenters. The van der Waals surface area contributed by atoms with E-state index in [1.54, 1.807) is 0 Å². The monoisotopic (exact) mass is 353 g/mol. The number of imidazole rings is 1. The van der Waals surface area contributed by atoms with Gasteiger partial charge in [-0.25, -0.2) is 4.98 Å². The summed E-state index contributed by atoms with van der Waals surface area (Å²) in [5.74, 6) is 0.384. The Kier molecular flexibility index (Phi) is 5.43. The normalized spacial score (nSPS) is 12.3. The van der Waals surface area contributed by atoms with Crippen LogP contribution >= 0.6 is 11.8 Å². The molecule has 3 rings (SSSR count). The Hall–Kier alpha value is -2.27. The van der Waals surface area contributed by atoms with Gasteiger partial charge in [-0.1, -0.05) is 48.2 Å². The van der Waals surface area contributed by atoms with Gasteiger partial charge in [0.05, 0.1) is 22.8 Å². The highest BCUT2D eigenvalue weighted by Gasteiger charge is 2.14. The fourth-order valence-corrected chi connectivity index (χ4v) is 3.92. The van der Waals surface area contributed by atoms with Gasteiger partial charge in [-0.05, 0) is 44.0 Å². The van der Waals surface area contributed by atoms with Crippen LogP contribution < -0.4 is 5.32 Å². The van der Waals surface area contributed by atoms with Crippen molar-refractivity contribution in [1.29, 1.82) is 0 Å². The zero-order chi connectivity index (χ0) is 17.8. The molecular weight excluding hydrogens is 330 g/mol. The maximum atomic E-state index is 12.4. The van der Waals surface area contributed by atoms with Crippen molar-refractivity contribution in [3.63, 3.8) is 0 Å². The van der Waals surface area contributed by atoms with E-state index in [4.69, 9.17) is 0 Å². The first-order valence-electron chi connectivity index (χ1n) is 8.53. The third-order valence-electron chi connectivity index (χ3n) is 4.30. The Morgan fingerprint density at radius 3 is 2.68 bits per heavy atom. The van der Waals surface area contributed by atoms with Crippen LogP contribution in [0.4, 0.5) is 0 Å². The molecular formula is C20H23N3OS. The number of rotatable bonds is 6. The van der Waals surface area contributed by atoms with Gasteiger partial charge in [0.25, 0.3) is 0 Å². The lowest BCUT2D eigenvalue weighted by atomic mass is 10.0. The smallest absolute Gasteiger partial charge is 0.230 e. The highest BCUT2D eigenvalue weighted by Crippen LogP contribution is 2.24. The number of fused-ring (bicyclic) bond motifs is 1. The summed E-state index contributed by atoms with van der Waals surface area (Å²) in [7, 11) is 0. The molecule has 0 saturated carbocycles. The number of thioether (sulfide) groups is 1. The summed E-state index contributed by atoms with van der Waals surface area (Å²) in [6, 6.07) is 16.2. The third-order valence-corrected chi connectivity index (χ3v) is 5.28. The van der Waals surface area contributed by atoms with E-state index < -0.39 is 0 Å². The van der Waals surface area contributed by atoms with E-state index in [9.17, 15) is 4.79 Å². The van der Waals surface area contributed by atoms with Crippen molar-refractivity contribution in [2.45, 2.75) is 38.5 Å². The molecule has 3 aromatic rings. The minimum absolute atomic E-state index is 0.000655. The van der Waals surface area contributed by atoms with Crippen LogP contribution in [0.2, 0.25) is 0 Å². The van der Waals surface area contributed by atoms with E-state index in [2.05, 4.69) is 46.9 Å². The second-order valence-corrected chi connectivity index (χ2v) is 7.00. The van der Waals surface area contributed by atoms with E-state index in [-0.39, 0.29) is 11.9 Å². The molecule has 25 heavy (non-hydrogen) atoms. The van der Waals surface area contributed by atoms with Crippen molar-refractivity contribution < 1.29 is 4.79 Å². The summed E-state index contributed by atoms with van der Waals surface area (Å²) >= 11 is 1.49. The lowest BCUT2D eigenvalue weighted by Gasteiger charge is -2.16. The Balaban J connectivity index is 1.66. The van der Waals surface area contributed by atoms with Crippen molar-refractivity contribution in [2.24, 2.45) is 0 Å². The number of aromatic nitrogens is 2. The number of amides is 1. The minimum Gasteiger partial charge on any atom is -0.349 e. The number of para-hydroxylation sites is 2. The molecule has 1 N–H and O–H groups in total. The molecule has 0 saturated heterocycles. The number of nitrogens with zero attached hydrogens (tertiary/aromatic N) is 2. The van der Waals surface area contributed by atoms with Crippen LogP contribution in [-0.4, -0.2) is 21.2 Å². The average Bonchev–Trinajstić information content (AvgIpc) is 2.97. The number of carbonyl (C=O) groups is 1. The quantitative estimate of drug-likeness (QED) is 0.671. The number of carbonyl (C=O) groups excluding carboxylic acids is 1. The van der Waals surface area contributed by atoms with Gasteiger partial charge in [-0.2, -0.15) is 0 Å². The highest BCUT2D eigenvalue weighted by molar-refractivity contribution is 7.99. The fourth-order valence-electron chi connectivity index (χ4n) is 3.03. The molecule has 4 nitrogen and oxygen atoms in total. The van der Waals surface area contributed by atoms with Crippen molar-refractivity contribution in [3.05, 3.63) is 59.7 Å². The van der Waals surface area contributed by atoms with E-state index >= 15 is 0 Å². The average molecular weight is 353 g/mol. The van der Waals surface area contributed by atoms with Gasteiger partial charge in [0, 0.05) is 6.54 Å². The van der Waals surface area contributed by atoms with E-state index in [1.165, 1.54) is 17.3 Å². The molecule has 0 radical (unpaired) electrons. The van der Waals surface area contributed by atoms with Gasteiger partial charge in [0.1, 0.15) is 0 Å². The van der Waals surface area contributed by atoms with Crippen LogP contribution in [0.25, 0.3) is 11.0 Å². The molecule has 0 aliphatic rings. The molecule has 1 aromatic heterocycles. The number of nitrogens with one attached hydrogen (secondary N) is 1. The van der Waals surface area contributed by atoms with Crippen LogP contribution in [0.3, 0.4) is 0 Å². The molecule has 1 unspecified atom stereocenters. The van der Waals surface area contributed by atoms with Gasteiger partial charge in [-0.15, -0.1) is 0 Å². The van der Waals surface area contributed by atoms with Crippen LogP contribution in [0.5, 0.6) is 0 Å². The first-order valence-corrected chi connectivity index (χ1v) is 9.51. The van der Waals surface area contributed by atoms with Gasteiger partial charge >= 0.3 is 0 Å². The zero-order valence-electron chi connectivity index (χ0n) is 14.8. The standard InChI is InChI=1S/C20H23N3OS/c1-4-23-18-12-8-7-11-17(18)22-20(23)25-13-19(24)21-15(3)16-10-6-5-9-14(16)2/h5-12,15H,4,13H2,1-3H3,(H,21,24). The molecule has 0 spiro atoms. The molecule has 1 amide bonds. The van der Waals surface area contributed by atoms with Gasteiger partial charge < -0.3 is 9.88 Å².